The van der Waals surface area contributed by atoms with Crippen molar-refractivity contribution < 1.29 is 18.8 Å². The van der Waals surface area contributed by atoms with Gasteiger partial charge in [0.25, 0.3) is 11.8 Å². The summed E-state index contributed by atoms with van der Waals surface area (Å²) in [6.07, 6.45) is 0.704. The molecule has 0 atom stereocenters. The fraction of sp³-hybridized carbons (Fsp3) is 0.278. The maximum absolute atomic E-state index is 12.3. The first-order valence-electron chi connectivity index (χ1n) is 7.95. The second kappa shape index (κ2) is 6.43. The van der Waals surface area contributed by atoms with Crippen molar-refractivity contribution in [2.24, 2.45) is 0 Å². The highest BCUT2D eigenvalue weighted by Gasteiger charge is 2.23. The number of carbonyl (C=O) groups excluding carboxylic acids is 3. The molecule has 25 heavy (non-hydrogen) atoms. The minimum absolute atomic E-state index is 0.0195. The van der Waals surface area contributed by atoms with Crippen LogP contribution < -0.4 is 15.8 Å². The van der Waals surface area contributed by atoms with Crippen LogP contribution in [0.2, 0.25) is 0 Å². The zero-order valence-electron chi connectivity index (χ0n) is 14.3. The number of rotatable bonds is 2. The highest BCUT2D eigenvalue weighted by molar-refractivity contribution is 6.00. The first-order valence-corrected chi connectivity index (χ1v) is 7.95. The number of carbonyl (C=O) groups is 3. The van der Waals surface area contributed by atoms with E-state index in [1.54, 1.807) is 43.0 Å². The average Bonchev–Trinajstić information content (AvgIpc) is 3.14. The van der Waals surface area contributed by atoms with Crippen molar-refractivity contribution in [3.8, 4) is 0 Å². The summed E-state index contributed by atoms with van der Waals surface area (Å²) in [5.41, 5.74) is 7.35. The van der Waals surface area contributed by atoms with Crippen molar-refractivity contribution in [3.05, 3.63) is 52.5 Å². The minimum atomic E-state index is -0.438. The largest absolute Gasteiger partial charge is 0.466 e. The van der Waals surface area contributed by atoms with Crippen molar-refractivity contribution in [2.45, 2.75) is 27.2 Å². The summed E-state index contributed by atoms with van der Waals surface area (Å²) in [6, 6.07) is 6.74. The third-order valence-corrected chi connectivity index (χ3v) is 4.19. The topological polar surface area (TPSA) is 91.7 Å². The Morgan fingerprint density at radius 1 is 1.08 bits per heavy atom. The maximum Gasteiger partial charge on any atom is 0.273 e. The number of fused-ring (bicyclic) bond motifs is 1. The number of nitrogens with zero attached hydrogens (tertiary/aromatic N) is 1. The van der Waals surface area contributed by atoms with Gasteiger partial charge in [-0.05, 0) is 50.1 Å². The van der Waals surface area contributed by atoms with E-state index in [-0.39, 0.29) is 5.91 Å². The van der Waals surface area contributed by atoms with Crippen LogP contribution in [0.1, 0.15) is 44.7 Å². The molecule has 2 heterocycles. The van der Waals surface area contributed by atoms with Crippen LogP contribution >= 0.6 is 0 Å². The Morgan fingerprint density at radius 2 is 1.80 bits per heavy atom. The van der Waals surface area contributed by atoms with Crippen LogP contribution in [0.4, 0.5) is 5.69 Å². The summed E-state index contributed by atoms with van der Waals surface area (Å²) in [5, 5.41) is 0. The van der Waals surface area contributed by atoms with Gasteiger partial charge in [-0.2, -0.15) is 0 Å². The standard InChI is InChI=1S/C18H19N3O4/c1-10-8-15(11(2)25-10)18(24)20-19-17(23)14-4-5-16-13(9-14)6-7-21(16)12(3)22/h4-5,8-9H,6-7H2,1-3H3,(H,19,23)(H,20,24). The van der Waals surface area contributed by atoms with Gasteiger partial charge in [0.05, 0.1) is 5.56 Å². The van der Waals surface area contributed by atoms with E-state index in [9.17, 15) is 14.4 Å². The summed E-state index contributed by atoms with van der Waals surface area (Å²) in [5.74, 6) is 0.240. The third kappa shape index (κ3) is 3.26. The molecule has 0 saturated heterocycles. The van der Waals surface area contributed by atoms with E-state index in [1.807, 2.05) is 0 Å². The molecule has 1 aromatic heterocycles. The van der Waals surface area contributed by atoms with Gasteiger partial charge in [0.15, 0.2) is 0 Å². The zero-order valence-corrected chi connectivity index (χ0v) is 14.3. The van der Waals surface area contributed by atoms with Crippen LogP contribution in [0.3, 0.4) is 0 Å². The molecule has 0 radical (unpaired) electrons. The Labute approximate surface area is 145 Å². The Bertz CT molecular complexity index is 869. The Hall–Kier alpha value is -3.09. The van der Waals surface area contributed by atoms with Gasteiger partial charge < -0.3 is 9.32 Å². The van der Waals surface area contributed by atoms with E-state index in [0.717, 1.165) is 11.3 Å². The van der Waals surface area contributed by atoms with Gasteiger partial charge in [0, 0.05) is 24.7 Å². The monoisotopic (exact) mass is 341 g/mol. The number of furan rings is 1. The van der Waals surface area contributed by atoms with Gasteiger partial charge in [-0.15, -0.1) is 0 Å². The van der Waals surface area contributed by atoms with Crippen LogP contribution in [-0.4, -0.2) is 24.3 Å². The van der Waals surface area contributed by atoms with E-state index in [4.69, 9.17) is 4.42 Å². The van der Waals surface area contributed by atoms with Crippen LogP contribution in [0.5, 0.6) is 0 Å². The second-order valence-electron chi connectivity index (χ2n) is 6.00. The number of amides is 3. The number of anilines is 1. The molecule has 0 saturated carbocycles. The van der Waals surface area contributed by atoms with Gasteiger partial charge >= 0.3 is 0 Å². The fourth-order valence-corrected chi connectivity index (χ4v) is 2.98. The molecule has 1 aliphatic heterocycles. The summed E-state index contributed by atoms with van der Waals surface area (Å²) >= 11 is 0. The van der Waals surface area contributed by atoms with Crippen LogP contribution in [0, 0.1) is 13.8 Å². The van der Waals surface area contributed by atoms with Crippen molar-refractivity contribution in [1.29, 1.82) is 0 Å². The van der Waals surface area contributed by atoms with E-state index in [1.165, 1.54) is 6.92 Å². The molecule has 0 aliphatic carbocycles. The number of aryl methyl sites for hydroxylation is 2. The molecule has 0 spiro atoms. The molecular formula is C18H19N3O4. The Balaban J connectivity index is 1.67. The van der Waals surface area contributed by atoms with Crippen molar-refractivity contribution >= 4 is 23.4 Å². The van der Waals surface area contributed by atoms with E-state index in [0.29, 0.717) is 35.6 Å². The molecule has 3 rings (SSSR count). The van der Waals surface area contributed by atoms with Crippen molar-refractivity contribution in [1.82, 2.24) is 10.9 Å². The normalized spacial score (nSPS) is 12.7. The van der Waals surface area contributed by atoms with E-state index in [2.05, 4.69) is 10.9 Å². The van der Waals surface area contributed by atoms with Gasteiger partial charge in [0.1, 0.15) is 11.5 Å². The van der Waals surface area contributed by atoms with Gasteiger partial charge in [-0.25, -0.2) is 0 Å². The molecule has 2 N–H and O–H groups in total. The summed E-state index contributed by atoms with van der Waals surface area (Å²) in [6.45, 7) is 5.57. The Kier molecular flexibility index (Phi) is 4.31. The molecule has 1 aromatic carbocycles. The fourth-order valence-electron chi connectivity index (χ4n) is 2.98. The number of hydrogen-bond donors (Lipinski definition) is 2. The second-order valence-corrected chi connectivity index (χ2v) is 6.00. The summed E-state index contributed by atoms with van der Waals surface area (Å²) in [7, 11) is 0. The first kappa shape index (κ1) is 16.8. The molecule has 130 valence electrons. The third-order valence-electron chi connectivity index (χ3n) is 4.19. The molecule has 2 aromatic rings. The molecule has 0 bridgehead atoms. The average molecular weight is 341 g/mol. The molecule has 1 aliphatic rings. The quantitative estimate of drug-likeness (QED) is 0.816. The number of hydrazine groups is 1. The van der Waals surface area contributed by atoms with Crippen LogP contribution in [-0.2, 0) is 11.2 Å². The SMILES string of the molecule is CC(=O)N1CCc2cc(C(=O)NNC(=O)c3cc(C)oc3C)ccc21. The summed E-state index contributed by atoms with van der Waals surface area (Å²) in [4.78, 5) is 37.6. The lowest BCUT2D eigenvalue weighted by atomic mass is 10.1. The first-order chi connectivity index (χ1) is 11.9. The lowest BCUT2D eigenvalue weighted by molar-refractivity contribution is -0.116. The molecule has 7 heteroatoms. The highest BCUT2D eigenvalue weighted by Crippen LogP contribution is 2.28. The zero-order chi connectivity index (χ0) is 18.1. The lowest BCUT2D eigenvalue weighted by Crippen LogP contribution is -2.41. The predicted octanol–water partition coefficient (Wildman–Crippen LogP) is 1.88. The molecule has 7 nitrogen and oxygen atoms in total. The lowest BCUT2D eigenvalue weighted by Gasteiger charge is -2.14. The number of hydrogen-bond acceptors (Lipinski definition) is 4. The van der Waals surface area contributed by atoms with Crippen molar-refractivity contribution in [3.63, 3.8) is 0 Å². The minimum Gasteiger partial charge on any atom is -0.466 e. The number of nitrogens with one attached hydrogen (secondary N) is 2. The van der Waals surface area contributed by atoms with E-state index >= 15 is 0 Å². The van der Waals surface area contributed by atoms with Gasteiger partial charge in [-0.3, -0.25) is 25.2 Å². The van der Waals surface area contributed by atoms with E-state index < -0.39 is 11.8 Å². The predicted molar refractivity (Wildman–Crippen MR) is 91.3 cm³/mol. The van der Waals surface area contributed by atoms with Gasteiger partial charge in [0.2, 0.25) is 5.91 Å². The molecular weight excluding hydrogens is 322 g/mol. The summed E-state index contributed by atoms with van der Waals surface area (Å²) < 4.78 is 5.30. The molecule has 3 amide bonds. The van der Waals surface area contributed by atoms with Crippen molar-refractivity contribution in [2.75, 3.05) is 11.4 Å². The molecule has 0 unspecified atom stereocenters. The van der Waals surface area contributed by atoms with Crippen LogP contribution in [0.15, 0.2) is 28.7 Å². The maximum atomic E-state index is 12.3. The van der Waals surface area contributed by atoms with Gasteiger partial charge in [-0.1, -0.05) is 0 Å². The highest BCUT2D eigenvalue weighted by atomic mass is 16.3. The Morgan fingerprint density at radius 3 is 2.44 bits per heavy atom. The smallest absolute Gasteiger partial charge is 0.273 e. The van der Waals surface area contributed by atoms with Crippen LogP contribution in [0.25, 0.3) is 0 Å². The number of benzene rings is 1. The molecule has 0 fully saturated rings.